The van der Waals surface area contributed by atoms with E-state index < -0.39 is 0 Å². The normalized spacial score (nSPS) is 12.6. The van der Waals surface area contributed by atoms with Crippen molar-refractivity contribution in [3.05, 3.63) is 90.5 Å². The van der Waals surface area contributed by atoms with Crippen LogP contribution in [0.4, 0.5) is 5.69 Å². The van der Waals surface area contributed by atoms with Crippen LogP contribution in [-0.4, -0.2) is 5.78 Å². The number of fused-ring (bicyclic) bond motifs is 2. The summed E-state index contributed by atoms with van der Waals surface area (Å²) in [5.74, 6) is 0.176. The number of hydrogen-bond donors (Lipinski definition) is 1. The summed E-state index contributed by atoms with van der Waals surface area (Å²) in [6.07, 6.45) is 5.12. The van der Waals surface area contributed by atoms with Crippen molar-refractivity contribution in [3.63, 3.8) is 0 Å². The van der Waals surface area contributed by atoms with E-state index >= 15 is 0 Å². The molecule has 0 aromatic heterocycles. The summed E-state index contributed by atoms with van der Waals surface area (Å²) in [6, 6.07) is 25.3. The zero-order valence-electron chi connectivity index (χ0n) is 17.6. The van der Waals surface area contributed by atoms with Crippen molar-refractivity contribution in [3.8, 4) is 11.1 Å². The van der Waals surface area contributed by atoms with E-state index in [1.165, 1.54) is 27.3 Å². The molecule has 0 aliphatic rings. The van der Waals surface area contributed by atoms with Crippen molar-refractivity contribution in [2.75, 3.05) is 5.73 Å². The third-order valence-electron chi connectivity index (χ3n) is 5.89. The van der Waals surface area contributed by atoms with Crippen LogP contribution < -0.4 is 5.73 Å². The Kier molecular flexibility index (Phi) is 5.67. The SMILES string of the molecule is C/C=C/C(=O)C(C)CCc1ccc2ccccc2c1-c1c(N)ccc2ccccc12. The van der Waals surface area contributed by atoms with Crippen LogP contribution >= 0.6 is 0 Å². The molecule has 4 aromatic rings. The second kappa shape index (κ2) is 8.54. The number of nitrogen functional groups attached to an aromatic ring is 1. The first-order valence-corrected chi connectivity index (χ1v) is 10.5. The number of hydrogen-bond acceptors (Lipinski definition) is 2. The van der Waals surface area contributed by atoms with Gasteiger partial charge in [0.1, 0.15) is 0 Å². The van der Waals surface area contributed by atoms with E-state index in [4.69, 9.17) is 5.73 Å². The molecule has 0 saturated carbocycles. The molecule has 1 atom stereocenters. The second-order valence-corrected chi connectivity index (χ2v) is 7.91. The maximum absolute atomic E-state index is 12.3. The Labute approximate surface area is 178 Å². The van der Waals surface area contributed by atoms with Gasteiger partial charge in [0.25, 0.3) is 0 Å². The molecule has 0 heterocycles. The summed E-state index contributed by atoms with van der Waals surface area (Å²) < 4.78 is 0. The van der Waals surface area contributed by atoms with E-state index in [1.807, 2.05) is 26.0 Å². The Morgan fingerprint density at radius 3 is 2.13 bits per heavy atom. The van der Waals surface area contributed by atoms with Gasteiger partial charge in [-0.15, -0.1) is 0 Å². The number of benzene rings is 4. The molecule has 2 nitrogen and oxygen atoms in total. The molecule has 0 aliphatic heterocycles. The highest BCUT2D eigenvalue weighted by Crippen LogP contribution is 2.40. The molecule has 4 rings (SSSR count). The topological polar surface area (TPSA) is 43.1 Å². The quantitative estimate of drug-likeness (QED) is 0.284. The van der Waals surface area contributed by atoms with Gasteiger partial charge < -0.3 is 5.73 Å². The average Bonchev–Trinajstić information content (AvgIpc) is 2.77. The molecule has 1 unspecified atom stereocenters. The highest BCUT2D eigenvalue weighted by Gasteiger charge is 2.17. The van der Waals surface area contributed by atoms with E-state index in [-0.39, 0.29) is 11.7 Å². The van der Waals surface area contributed by atoms with E-state index in [2.05, 4.69) is 66.7 Å². The van der Waals surface area contributed by atoms with Crippen LogP contribution in [0.2, 0.25) is 0 Å². The maximum atomic E-state index is 12.3. The van der Waals surface area contributed by atoms with Gasteiger partial charge in [0.05, 0.1) is 0 Å². The van der Waals surface area contributed by atoms with Crippen molar-refractivity contribution in [1.82, 2.24) is 0 Å². The molecule has 0 amide bonds. The molecule has 0 aliphatic carbocycles. The number of rotatable bonds is 6. The molecular formula is C28H27NO. The smallest absolute Gasteiger partial charge is 0.158 e. The predicted molar refractivity (Wildman–Crippen MR) is 129 cm³/mol. The summed E-state index contributed by atoms with van der Waals surface area (Å²) in [5.41, 5.74) is 10.9. The Bertz CT molecular complexity index is 1250. The minimum atomic E-state index is -0.00890. The van der Waals surface area contributed by atoms with Crippen LogP contribution in [0.15, 0.2) is 84.9 Å². The van der Waals surface area contributed by atoms with Crippen LogP contribution in [0.25, 0.3) is 32.7 Å². The highest BCUT2D eigenvalue weighted by molar-refractivity contribution is 6.10. The fraction of sp³-hybridized carbons (Fsp3) is 0.179. The Morgan fingerprint density at radius 1 is 0.867 bits per heavy atom. The van der Waals surface area contributed by atoms with Gasteiger partial charge in [-0.1, -0.05) is 79.7 Å². The van der Waals surface area contributed by atoms with Crippen LogP contribution in [-0.2, 0) is 11.2 Å². The lowest BCUT2D eigenvalue weighted by Crippen LogP contribution is -2.09. The lowest BCUT2D eigenvalue weighted by molar-refractivity contribution is -0.117. The zero-order chi connectivity index (χ0) is 21.1. The summed E-state index contributed by atoms with van der Waals surface area (Å²) in [7, 11) is 0. The third kappa shape index (κ3) is 3.73. The van der Waals surface area contributed by atoms with Gasteiger partial charge in [-0.25, -0.2) is 0 Å². The van der Waals surface area contributed by atoms with Gasteiger partial charge in [0.15, 0.2) is 5.78 Å². The number of carbonyl (C=O) groups is 1. The number of anilines is 1. The van der Waals surface area contributed by atoms with E-state index in [0.29, 0.717) is 0 Å². The zero-order valence-corrected chi connectivity index (χ0v) is 17.6. The molecule has 0 saturated heterocycles. The Morgan fingerprint density at radius 2 is 1.47 bits per heavy atom. The van der Waals surface area contributed by atoms with Crippen molar-refractivity contribution in [1.29, 1.82) is 0 Å². The van der Waals surface area contributed by atoms with E-state index in [1.54, 1.807) is 6.08 Å². The van der Waals surface area contributed by atoms with E-state index in [0.717, 1.165) is 29.5 Å². The van der Waals surface area contributed by atoms with Gasteiger partial charge in [-0.2, -0.15) is 0 Å². The summed E-state index contributed by atoms with van der Waals surface area (Å²) in [6.45, 7) is 3.89. The molecular weight excluding hydrogens is 366 g/mol. The largest absolute Gasteiger partial charge is 0.398 e. The van der Waals surface area contributed by atoms with Crippen LogP contribution in [0.1, 0.15) is 25.8 Å². The highest BCUT2D eigenvalue weighted by atomic mass is 16.1. The maximum Gasteiger partial charge on any atom is 0.158 e. The van der Waals surface area contributed by atoms with Crippen LogP contribution in [0, 0.1) is 5.92 Å². The molecule has 0 spiro atoms. The standard InChI is InChI=1S/C28H27NO/c1-3-8-26(30)19(2)13-14-22-16-15-20-9-4-6-11-23(20)27(22)28-24-12-7-5-10-21(24)17-18-25(28)29/h3-12,15-19H,13-14,29H2,1-2H3/b8-3+. The lowest BCUT2D eigenvalue weighted by Gasteiger charge is -2.18. The number of nitrogens with two attached hydrogens (primary N) is 1. The molecule has 0 bridgehead atoms. The van der Waals surface area contributed by atoms with Crippen molar-refractivity contribution in [2.45, 2.75) is 26.7 Å². The lowest BCUT2D eigenvalue weighted by atomic mass is 9.86. The second-order valence-electron chi connectivity index (χ2n) is 7.91. The molecule has 0 radical (unpaired) electrons. The van der Waals surface area contributed by atoms with E-state index in [9.17, 15) is 4.79 Å². The Hall–Kier alpha value is -3.39. The van der Waals surface area contributed by atoms with Crippen LogP contribution in [0.3, 0.4) is 0 Å². The average molecular weight is 394 g/mol. The van der Waals surface area contributed by atoms with Gasteiger partial charge in [-0.3, -0.25) is 4.79 Å². The minimum absolute atomic E-state index is 0.00890. The number of allylic oxidation sites excluding steroid dienone is 2. The van der Waals surface area contributed by atoms with Gasteiger partial charge in [-0.05, 0) is 64.6 Å². The number of aryl methyl sites for hydroxylation is 1. The minimum Gasteiger partial charge on any atom is -0.398 e. The molecule has 2 heteroatoms. The monoisotopic (exact) mass is 393 g/mol. The summed E-state index contributed by atoms with van der Waals surface area (Å²) >= 11 is 0. The fourth-order valence-corrected chi connectivity index (χ4v) is 4.23. The molecule has 30 heavy (non-hydrogen) atoms. The van der Waals surface area contributed by atoms with Gasteiger partial charge in [0.2, 0.25) is 0 Å². The van der Waals surface area contributed by atoms with Gasteiger partial charge >= 0.3 is 0 Å². The predicted octanol–water partition coefficient (Wildman–Crippen LogP) is 6.96. The van der Waals surface area contributed by atoms with Crippen LogP contribution in [0.5, 0.6) is 0 Å². The Balaban J connectivity index is 1.90. The number of ketones is 1. The first-order valence-electron chi connectivity index (χ1n) is 10.5. The molecule has 150 valence electrons. The van der Waals surface area contributed by atoms with Crippen molar-refractivity contribution < 1.29 is 4.79 Å². The summed E-state index contributed by atoms with van der Waals surface area (Å²) in [5, 5.41) is 4.73. The molecule has 4 aromatic carbocycles. The third-order valence-corrected chi connectivity index (χ3v) is 5.89. The molecule has 2 N–H and O–H groups in total. The van der Waals surface area contributed by atoms with Gasteiger partial charge in [0, 0.05) is 17.2 Å². The van der Waals surface area contributed by atoms with Crippen molar-refractivity contribution >= 4 is 33.0 Å². The molecule has 0 fully saturated rings. The van der Waals surface area contributed by atoms with Crippen molar-refractivity contribution in [2.24, 2.45) is 5.92 Å². The fourth-order valence-electron chi connectivity index (χ4n) is 4.23. The summed E-state index contributed by atoms with van der Waals surface area (Å²) in [4.78, 5) is 12.3. The first kappa shape index (κ1) is 19.9. The first-order chi connectivity index (χ1) is 14.6. The number of carbonyl (C=O) groups excluding carboxylic acids is 1.